The Morgan fingerprint density at radius 2 is 1.93 bits per heavy atom. The minimum atomic E-state index is -0.264. The molecule has 5 nitrogen and oxygen atoms in total. The number of thiocarbonyl (C=S) groups is 1. The summed E-state index contributed by atoms with van der Waals surface area (Å²) in [6, 6.07) is 8.80. The molecule has 0 bridgehead atoms. The predicted octanol–water partition coefficient (Wildman–Crippen LogP) is 0.0114. The minimum Gasteiger partial charge on any atom is -0.289 e. The molecular weight excluding hydrogens is 212 g/mol. The normalized spacial score (nSPS) is 9.20. The molecule has 1 amide bonds. The molecule has 0 fully saturated rings. The second-order valence-electron chi connectivity index (χ2n) is 2.86. The number of nitrogens with two attached hydrogens (primary N) is 1. The molecule has 1 aromatic rings. The van der Waals surface area contributed by atoms with Crippen molar-refractivity contribution < 1.29 is 4.79 Å². The molecule has 0 heterocycles. The molecule has 0 atom stereocenters. The monoisotopic (exact) mass is 224 g/mol. The average Bonchev–Trinajstić information content (AvgIpc) is 2.26. The van der Waals surface area contributed by atoms with E-state index in [-0.39, 0.29) is 11.0 Å². The van der Waals surface area contributed by atoms with Crippen molar-refractivity contribution >= 4 is 23.2 Å². The summed E-state index contributed by atoms with van der Waals surface area (Å²) in [5.41, 5.74) is 5.49. The van der Waals surface area contributed by atoms with Crippen LogP contribution in [0.3, 0.4) is 0 Å². The van der Waals surface area contributed by atoms with Gasteiger partial charge < -0.3 is 0 Å². The minimum absolute atomic E-state index is 0.235. The number of hydrogen-bond acceptors (Lipinski definition) is 3. The van der Waals surface area contributed by atoms with E-state index in [9.17, 15) is 4.79 Å². The van der Waals surface area contributed by atoms with Crippen LogP contribution in [0.2, 0.25) is 0 Å². The van der Waals surface area contributed by atoms with Crippen molar-refractivity contribution in [3.8, 4) is 0 Å². The molecule has 0 aromatic heterocycles. The lowest BCUT2D eigenvalue weighted by Crippen LogP contribution is -2.49. The summed E-state index contributed by atoms with van der Waals surface area (Å²) in [5.74, 6) is 5.08. The predicted molar refractivity (Wildman–Crippen MR) is 61.6 cm³/mol. The van der Waals surface area contributed by atoms with Gasteiger partial charge in [0.2, 0.25) is 5.11 Å². The highest BCUT2D eigenvalue weighted by Gasteiger charge is 2.04. The molecule has 0 unspecified atom stereocenters. The van der Waals surface area contributed by atoms with Crippen LogP contribution in [-0.2, 0) is 0 Å². The van der Waals surface area contributed by atoms with Gasteiger partial charge in [-0.1, -0.05) is 18.2 Å². The Labute approximate surface area is 93.2 Å². The number of nitrogens with one attached hydrogen (secondary N) is 2. The third-order valence-electron chi connectivity index (χ3n) is 1.64. The van der Waals surface area contributed by atoms with Crippen LogP contribution in [0.4, 0.5) is 0 Å². The number of carbonyl (C=O) groups excluding carboxylic acids is 1. The standard InChI is InChI=1S/C9H12N4OS/c1-13(10)9(15)12-11-8(14)7-5-3-2-4-6-7/h2-6H,10H2,1H3,(H,11,14)(H,12,15). The van der Waals surface area contributed by atoms with Crippen molar-refractivity contribution in [2.75, 3.05) is 7.05 Å². The highest BCUT2D eigenvalue weighted by molar-refractivity contribution is 7.80. The van der Waals surface area contributed by atoms with E-state index in [1.807, 2.05) is 6.07 Å². The number of nitrogens with zero attached hydrogens (tertiary/aromatic N) is 1. The van der Waals surface area contributed by atoms with E-state index < -0.39 is 0 Å². The number of rotatable bonds is 1. The van der Waals surface area contributed by atoms with Crippen LogP contribution >= 0.6 is 12.2 Å². The smallest absolute Gasteiger partial charge is 0.269 e. The van der Waals surface area contributed by atoms with Crippen LogP contribution in [0.1, 0.15) is 10.4 Å². The lowest BCUT2D eigenvalue weighted by molar-refractivity contribution is 0.0942. The second kappa shape index (κ2) is 5.28. The fraction of sp³-hybridized carbons (Fsp3) is 0.111. The zero-order chi connectivity index (χ0) is 11.3. The molecule has 0 aliphatic carbocycles. The van der Waals surface area contributed by atoms with Crippen LogP contribution in [0.5, 0.6) is 0 Å². The third kappa shape index (κ3) is 3.53. The maximum atomic E-state index is 11.5. The maximum absolute atomic E-state index is 11.5. The number of carbonyl (C=O) groups is 1. The van der Waals surface area contributed by atoms with Crippen molar-refractivity contribution in [2.24, 2.45) is 5.84 Å². The van der Waals surface area contributed by atoms with Crippen molar-refractivity contribution in [2.45, 2.75) is 0 Å². The van der Waals surface area contributed by atoms with E-state index in [1.165, 1.54) is 5.01 Å². The molecule has 0 radical (unpaired) electrons. The summed E-state index contributed by atoms with van der Waals surface area (Å²) < 4.78 is 0. The van der Waals surface area contributed by atoms with Crippen LogP contribution < -0.4 is 16.7 Å². The molecular formula is C9H12N4OS. The van der Waals surface area contributed by atoms with Crippen molar-refractivity contribution in [3.05, 3.63) is 35.9 Å². The Hall–Kier alpha value is -1.66. The number of amides is 1. The lowest BCUT2D eigenvalue weighted by Gasteiger charge is -2.15. The Balaban J connectivity index is 2.48. The molecule has 0 saturated heterocycles. The summed E-state index contributed by atoms with van der Waals surface area (Å²) in [6.07, 6.45) is 0. The second-order valence-corrected chi connectivity index (χ2v) is 3.25. The average molecular weight is 224 g/mol. The molecule has 1 aromatic carbocycles. The molecule has 6 heteroatoms. The summed E-state index contributed by atoms with van der Waals surface area (Å²) in [6.45, 7) is 0. The molecule has 0 spiro atoms. The Morgan fingerprint density at radius 1 is 1.33 bits per heavy atom. The summed E-state index contributed by atoms with van der Waals surface area (Å²) >= 11 is 4.82. The largest absolute Gasteiger partial charge is 0.289 e. The molecule has 0 saturated carbocycles. The van der Waals surface area contributed by atoms with Gasteiger partial charge in [0.05, 0.1) is 0 Å². The van der Waals surface area contributed by atoms with Gasteiger partial charge in [-0.15, -0.1) is 0 Å². The highest BCUT2D eigenvalue weighted by Crippen LogP contribution is 1.96. The van der Waals surface area contributed by atoms with Gasteiger partial charge in [-0.05, 0) is 24.4 Å². The summed E-state index contributed by atoms with van der Waals surface area (Å²) in [7, 11) is 1.57. The van der Waals surface area contributed by atoms with E-state index in [0.29, 0.717) is 5.56 Å². The van der Waals surface area contributed by atoms with Gasteiger partial charge in [-0.25, -0.2) is 5.84 Å². The molecule has 4 N–H and O–H groups in total. The first-order chi connectivity index (χ1) is 7.11. The van der Waals surface area contributed by atoms with E-state index in [2.05, 4.69) is 10.9 Å². The first-order valence-corrected chi connectivity index (χ1v) is 4.66. The van der Waals surface area contributed by atoms with Gasteiger partial charge in [0.15, 0.2) is 0 Å². The van der Waals surface area contributed by atoms with Gasteiger partial charge in [0, 0.05) is 12.6 Å². The number of hydrogen-bond donors (Lipinski definition) is 3. The zero-order valence-corrected chi connectivity index (χ0v) is 9.04. The Morgan fingerprint density at radius 3 is 2.47 bits per heavy atom. The van der Waals surface area contributed by atoms with Crippen molar-refractivity contribution in [3.63, 3.8) is 0 Å². The molecule has 80 valence electrons. The van der Waals surface area contributed by atoms with E-state index in [0.717, 1.165) is 0 Å². The topological polar surface area (TPSA) is 70.4 Å². The molecule has 0 aliphatic rings. The highest BCUT2D eigenvalue weighted by atomic mass is 32.1. The Kier molecular flexibility index (Phi) is 4.02. The summed E-state index contributed by atoms with van der Waals surface area (Å²) in [4.78, 5) is 11.5. The van der Waals surface area contributed by atoms with Gasteiger partial charge in [-0.2, -0.15) is 0 Å². The summed E-state index contributed by atoms with van der Waals surface area (Å²) in [5, 5.41) is 1.43. The van der Waals surface area contributed by atoms with Crippen LogP contribution in [0.25, 0.3) is 0 Å². The van der Waals surface area contributed by atoms with E-state index in [4.69, 9.17) is 18.1 Å². The molecule has 15 heavy (non-hydrogen) atoms. The fourth-order valence-electron chi connectivity index (χ4n) is 0.860. The Bertz CT molecular complexity index is 352. The van der Waals surface area contributed by atoms with E-state index >= 15 is 0 Å². The maximum Gasteiger partial charge on any atom is 0.269 e. The number of benzene rings is 1. The van der Waals surface area contributed by atoms with Crippen LogP contribution in [0, 0.1) is 0 Å². The van der Waals surface area contributed by atoms with Crippen molar-refractivity contribution in [1.29, 1.82) is 0 Å². The quantitative estimate of drug-likeness (QED) is 0.356. The van der Waals surface area contributed by atoms with Crippen molar-refractivity contribution in [1.82, 2.24) is 15.9 Å². The lowest BCUT2D eigenvalue weighted by atomic mass is 10.2. The molecule has 0 aliphatic heterocycles. The third-order valence-corrected chi connectivity index (χ3v) is 2.03. The van der Waals surface area contributed by atoms with Crippen LogP contribution in [-0.4, -0.2) is 23.1 Å². The zero-order valence-electron chi connectivity index (χ0n) is 8.23. The SMILES string of the molecule is CN(N)C(=S)NNC(=O)c1ccccc1. The van der Waals surface area contributed by atoms with Gasteiger partial charge in [0.1, 0.15) is 0 Å². The first kappa shape index (κ1) is 11.4. The van der Waals surface area contributed by atoms with Gasteiger partial charge >= 0.3 is 0 Å². The fourth-order valence-corrected chi connectivity index (χ4v) is 0.911. The molecule has 1 rings (SSSR count). The van der Waals surface area contributed by atoms with E-state index in [1.54, 1.807) is 31.3 Å². The van der Waals surface area contributed by atoms with Gasteiger partial charge in [-0.3, -0.25) is 20.7 Å². The van der Waals surface area contributed by atoms with Gasteiger partial charge in [0.25, 0.3) is 5.91 Å². The number of hydrazine groups is 2. The van der Waals surface area contributed by atoms with Crippen LogP contribution in [0.15, 0.2) is 30.3 Å². The first-order valence-electron chi connectivity index (χ1n) is 4.25.